The molecule has 0 radical (unpaired) electrons. The van der Waals surface area contributed by atoms with Crippen LogP contribution in [0.15, 0.2) is 54.9 Å². The number of aromatic nitrogens is 1. The lowest BCUT2D eigenvalue weighted by Gasteiger charge is -2.25. The molecule has 5 heteroatoms. The molecule has 0 saturated carbocycles. The largest absolute Gasteiger partial charge is 0.335 e. The lowest BCUT2D eigenvalue weighted by molar-refractivity contribution is -0.131. The summed E-state index contributed by atoms with van der Waals surface area (Å²) in [4.78, 5) is 18.8. The van der Waals surface area contributed by atoms with Crippen molar-refractivity contribution in [1.29, 1.82) is 0 Å². The van der Waals surface area contributed by atoms with Crippen LogP contribution in [-0.2, 0) is 11.2 Å². The molecule has 1 aromatic heterocycles. The van der Waals surface area contributed by atoms with Gasteiger partial charge in [-0.2, -0.15) is 0 Å². The maximum atomic E-state index is 14.2. The van der Waals surface area contributed by atoms with Crippen LogP contribution in [0, 0.1) is 11.6 Å². The van der Waals surface area contributed by atoms with Crippen molar-refractivity contribution in [2.45, 2.75) is 25.3 Å². The zero-order chi connectivity index (χ0) is 18.1. The zero-order valence-corrected chi connectivity index (χ0v) is 14.2. The highest BCUT2D eigenvalue weighted by Crippen LogP contribution is 2.34. The van der Waals surface area contributed by atoms with Gasteiger partial charge in [-0.15, -0.1) is 0 Å². The van der Waals surface area contributed by atoms with E-state index in [-0.39, 0.29) is 17.9 Å². The van der Waals surface area contributed by atoms with E-state index < -0.39 is 17.7 Å². The maximum absolute atomic E-state index is 14.2. The predicted molar refractivity (Wildman–Crippen MR) is 95.5 cm³/mol. The van der Waals surface area contributed by atoms with Gasteiger partial charge in [-0.25, -0.2) is 8.78 Å². The van der Waals surface area contributed by atoms with Crippen LogP contribution >= 0.6 is 0 Å². The number of benzene rings is 2. The Morgan fingerprint density at radius 3 is 2.85 bits per heavy atom. The number of rotatable bonds is 3. The number of amides is 1. The van der Waals surface area contributed by atoms with E-state index in [9.17, 15) is 13.6 Å². The second-order valence-electron chi connectivity index (χ2n) is 6.58. The first kappa shape index (κ1) is 16.6. The lowest BCUT2D eigenvalue weighted by Crippen LogP contribution is -2.32. The van der Waals surface area contributed by atoms with E-state index in [1.807, 2.05) is 24.3 Å². The van der Waals surface area contributed by atoms with Crippen LogP contribution in [0.5, 0.6) is 0 Å². The summed E-state index contributed by atoms with van der Waals surface area (Å²) in [6.07, 6.45) is 5.08. The Hall–Kier alpha value is -2.82. The molecule has 1 fully saturated rings. The molecule has 1 aliphatic rings. The third-order valence-corrected chi connectivity index (χ3v) is 5.01. The summed E-state index contributed by atoms with van der Waals surface area (Å²) in [5.41, 5.74) is 1.10. The second kappa shape index (κ2) is 6.83. The molecule has 1 atom stereocenters. The minimum absolute atomic E-state index is 0.0886. The van der Waals surface area contributed by atoms with Gasteiger partial charge in [0, 0.05) is 29.9 Å². The molecule has 0 N–H and O–H groups in total. The monoisotopic (exact) mass is 352 g/mol. The number of fused-ring (bicyclic) bond motifs is 1. The number of carbonyl (C=O) groups excluding carboxylic acids is 1. The van der Waals surface area contributed by atoms with Crippen LogP contribution in [0.4, 0.5) is 8.78 Å². The minimum atomic E-state index is -0.875. The van der Waals surface area contributed by atoms with Gasteiger partial charge in [0.1, 0.15) is 0 Å². The molecule has 2 heterocycles. The molecule has 0 spiro atoms. The number of nitrogens with zero attached hydrogens (tertiary/aromatic N) is 2. The normalized spacial score (nSPS) is 17.0. The average molecular weight is 352 g/mol. The Labute approximate surface area is 150 Å². The van der Waals surface area contributed by atoms with Crippen molar-refractivity contribution in [2.75, 3.05) is 6.54 Å². The first-order valence-electron chi connectivity index (χ1n) is 8.70. The smallest absolute Gasteiger partial charge is 0.227 e. The second-order valence-corrected chi connectivity index (χ2v) is 6.58. The van der Waals surface area contributed by atoms with Crippen LogP contribution in [0.3, 0.4) is 0 Å². The van der Waals surface area contributed by atoms with Gasteiger partial charge in [0.15, 0.2) is 11.6 Å². The molecular formula is C21H18F2N2O. The fourth-order valence-corrected chi connectivity index (χ4v) is 3.75. The van der Waals surface area contributed by atoms with E-state index in [1.54, 1.807) is 23.4 Å². The Bertz CT molecular complexity index is 968. The highest BCUT2D eigenvalue weighted by Gasteiger charge is 2.32. The van der Waals surface area contributed by atoms with Crippen LogP contribution in [0.2, 0.25) is 0 Å². The minimum Gasteiger partial charge on any atom is -0.335 e. The van der Waals surface area contributed by atoms with Crippen molar-refractivity contribution in [3.8, 4) is 0 Å². The Morgan fingerprint density at radius 2 is 1.96 bits per heavy atom. The summed E-state index contributed by atoms with van der Waals surface area (Å²) in [6.45, 7) is 0.553. The lowest BCUT2D eigenvalue weighted by atomic mass is 10.0. The molecule has 132 valence electrons. The number of pyridine rings is 1. The summed E-state index contributed by atoms with van der Waals surface area (Å²) in [5.74, 6) is -1.82. The highest BCUT2D eigenvalue weighted by atomic mass is 19.2. The van der Waals surface area contributed by atoms with Crippen LogP contribution in [-0.4, -0.2) is 22.3 Å². The summed E-state index contributed by atoms with van der Waals surface area (Å²) >= 11 is 0. The third-order valence-electron chi connectivity index (χ3n) is 5.01. The van der Waals surface area contributed by atoms with Crippen molar-refractivity contribution in [2.24, 2.45) is 0 Å². The molecule has 1 amide bonds. The Balaban J connectivity index is 1.62. The molecule has 0 aliphatic carbocycles. The first-order valence-corrected chi connectivity index (χ1v) is 8.70. The van der Waals surface area contributed by atoms with E-state index in [1.165, 1.54) is 6.07 Å². The van der Waals surface area contributed by atoms with Crippen molar-refractivity contribution in [1.82, 2.24) is 9.88 Å². The molecule has 1 unspecified atom stereocenters. The SMILES string of the molecule is O=C(Cc1cncc2ccccc12)N1CCCC1c1cccc(F)c1F. The summed E-state index contributed by atoms with van der Waals surface area (Å²) in [6, 6.07) is 11.5. The van der Waals surface area contributed by atoms with Gasteiger partial charge in [0.25, 0.3) is 0 Å². The van der Waals surface area contributed by atoms with E-state index in [0.717, 1.165) is 28.8 Å². The number of hydrogen-bond donors (Lipinski definition) is 0. The molecular weight excluding hydrogens is 334 g/mol. The van der Waals surface area contributed by atoms with Crippen molar-refractivity contribution in [3.05, 3.63) is 77.6 Å². The number of carbonyl (C=O) groups is 1. The molecule has 1 aliphatic heterocycles. The highest BCUT2D eigenvalue weighted by molar-refractivity contribution is 5.89. The summed E-state index contributed by atoms with van der Waals surface area (Å²) in [5, 5.41) is 1.97. The van der Waals surface area contributed by atoms with Gasteiger partial charge < -0.3 is 4.90 Å². The van der Waals surface area contributed by atoms with Crippen molar-refractivity contribution < 1.29 is 13.6 Å². The molecule has 1 saturated heterocycles. The fraction of sp³-hybridized carbons (Fsp3) is 0.238. The molecule has 2 aromatic carbocycles. The maximum Gasteiger partial charge on any atom is 0.227 e. The van der Waals surface area contributed by atoms with Gasteiger partial charge in [-0.1, -0.05) is 36.4 Å². The molecule has 26 heavy (non-hydrogen) atoms. The zero-order valence-electron chi connectivity index (χ0n) is 14.2. The Morgan fingerprint density at radius 1 is 1.12 bits per heavy atom. The predicted octanol–water partition coefficient (Wildman–Crippen LogP) is 4.42. The van der Waals surface area contributed by atoms with Crippen LogP contribution in [0.25, 0.3) is 10.8 Å². The number of likely N-dealkylation sites (tertiary alicyclic amines) is 1. The van der Waals surface area contributed by atoms with E-state index in [2.05, 4.69) is 4.98 Å². The third kappa shape index (κ3) is 2.94. The fourth-order valence-electron chi connectivity index (χ4n) is 3.75. The van der Waals surface area contributed by atoms with E-state index in [0.29, 0.717) is 13.0 Å². The first-order chi connectivity index (χ1) is 12.6. The molecule has 3 nitrogen and oxygen atoms in total. The molecule has 0 bridgehead atoms. The average Bonchev–Trinajstić information content (AvgIpc) is 3.14. The van der Waals surface area contributed by atoms with Gasteiger partial charge >= 0.3 is 0 Å². The van der Waals surface area contributed by atoms with E-state index >= 15 is 0 Å². The van der Waals surface area contributed by atoms with Crippen molar-refractivity contribution in [3.63, 3.8) is 0 Å². The topological polar surface area (TPSA) is 33.2 Å². The van der Waals surface area contributed by atoms with Gasteiger partial charge in [-0.3, -0.25) is 9.78 Å². The van der Waals surface area contributed by atoms with Gasteiger partial charge in [0.05, 0.1) is 12.5 Å². The molecule has 4 rings (SSSR count). The Kier molecular flexibility index (Phi) is 4.37. The quantitative estimate of drug-likeness (QED) is 0.699. The van der Waals surface area contributed by atoms with E-state index in [4.69, 9.17) is 0 Å². The number of hydrogen-bond acceptors (Lipinski definition) is 2. The van der Waals surface area contributed by atoms with Crippen LogP contribution in [0.1, 0.15) is 30.0 Å². The summed E-state index contributed by atoms with van der Waals surface area (Å²) < 4.78 is 27.8. The van der Waals surface area contributed by atoms with Crippen molar-refractivity contribution >= 4 is 16.7 Å². The molecule has 3 aromatic rings. The summed E-state index contributed by atoms with van der Waals surface area (Å²) in [7, 11) is 0. The van der Waals surface area contributed by atoms with Crippen LogP contribution < -0.4 is 0 Å². The standard InChI is InChI=1S/C21H18F2N2O/c22-18-8-3-7-17(21(18)23)19-9-4-10-25(19)20(26)11-15-13-24-12-14-5-1-2-6-16(14)15/h1-3,5-8,12-13,19H,4,9-11H2. The van der Waals surface area contributed by atoms with Gasteiger partial charge in [-0.05, 0) is 29.9 Å². The van der Waals surface area contributed by atoms with Gasteiger partial charge in [0.2, 0.25) is 5.91 Å². The number of halogens is 2.